The average molecular weight is 269 g/mol. The number of thioether (sulfide) groups is 1. The Morgan fingerprint density at radius 1 is 1.59 bits per heavy atom. The fourth-order valence-electron chi connectivity index (χ4n) is 2.57. The third-order valence-corrected chi connectivity index (χ3v) is 6.05. The molecule has 17 heavy (non-hydrogen) atoms. The van der Waals surface area contributed by atoms with Crippen molar-refractivity contribution >= 4 is 35.0 Å². The van der Waals surface area contributed by atoms with E-state index in [2.05, 4.69) is 0 Å². The van der Waals surface area contributed by atoms with Crippen LogP contribution in [0.1, 0.15) is 17.7 Å². The molecule has 0 aliphatic carbocycles. The van der Waals surface area contributed by atoms with Crippen LogP contribution in [0.15, 0.2) is 17.5 Å². The van der Waals surface area contributed by atoms with E-state index in [1.807, 2.05) is 17.5 Å². The minimum Gasteiger partial charge on any atom is -0.480 e. The molecule has 0 radical (unpaired) electrons. The van der Waals surface area contributed by atoms with Gasteiger partial charge >= 0.3 is 5.97 Å². The van der Waals surface area contributed by atoms with E-state index < -0.39 is 16.9 Å². The van der Waals surface area contributed by atoms with E-state index in [-0.39, 0.29) is 5.91 Å². The third-order valence-electron chi connectivity index (χ3n) is 3.32. The highest BCUT2D eigenvalue weighted by molar-refractivity contribution is 8.00. The SMILES string of the molecule is O=C(O)[C@H]1CS[C@@]2(c3cccs3)CCC(=O)N12. The Bertz CT molecular complexity index is 473. The molecule has 0 aromatic carbocycles. The lowest BCUT2D eigenvalue weighted by atomic mass is 10.1. The minimum atomic E-state index is -0.897. The number of aliphatic carboxylic acids is 1. The van der Waals surface area contributed by atoms with Gasteiger partial charge in [0.15, 0.2) is 0 Å². The second-order valence-corrected chi connectivity index (χ2v) is 6.44. The Morgan fingerprint density at radius 3 is 3.06 bits per heavy atom. The summed E-state index contributed by atoms with van der Waals surface area (Å²) in [5.41, 5.74) is 0. The van der Waals surface area contributed by atoms with Crippen molar-refractivity contribution < 1.29 is 14.7 Å². The highest BCUT2D eigenvalue weighted by atomic mass is 32.2. The number of carbonyl (C=O) groups excluding carboxylic acids is 1. The fraction of sp³-hybridized carbons (Fsp3) is 0.455. The van der Waals surface area contributed by atoms with Crippen LogP contribution in [0.2, 0.25) is 0 Å². The van der Waals surface area contributed by atoms with Crippen LogP contribution in [0, 0.1) is 0 Å². The summed E-state index contributed by atoms with van der Waals surface area (Å²) in [7, 11) is 0. The third kappa shape index (κ3) is 1.43. The molecule has 2 aliphatic heterocycles. The van der Waals surface area contributed by atoms with Crippen LogP contribution in [-0.4, -0.2) is 33.7 Å². The van der Waals surface area contributed by atoms with Crippen molar-refractivity contribution in [2.24, 2.45) is 0 Å². The maximum Gasteiger partial charge on any atom is 0.327 e. The van der Waals surface area contributed by atoms with Gasteiger partial charge in [-0.1, -0.05) is 6.07 Å². The van der Waals surface area contributed by atoms with Crippen molar-refractivity contribution in [3.8, 4) is 0 Å². The molecule has 0 saturated carbocycles. The molecular weight excluding hydrogens is 258 g/mol. The van der Waals surface area contributed by atoms with Gasteiger partial charge in [0.1, 0.15) is 10.9 Å². The van der Waals surface area contributed by atoms with Crippen molar-refractivity contribution in [3.63, 3.8) is 0 Å². The van der Waals surface area contributed by atoms with Gasteiger partial charge in [-0.3, -0.25) is 4.79 Å². The molecule has 3 rings (SSSR count). The molecule has 4 nitrogen and oxygen atoms in total. The molecule has 90 valence electrons. The lowest BCUT2D eigenvalue weighted by Gasteiger charge is -2.31. The molecule has 1 aromatic rings. The maximum absolute atomic E-state index is 11.9. The second kappa shape index (κ2) is 3.74. The Labute approximate surface area is 107 Å². The fourth-order valence-corrected chi connectivity index (χ4v) is 5.29. The molecule has 2 fully saturated rings. The Morgan fingerprint density at radius 2 is 2.41 bits per heavy atom. The summed E-state index contributed by atoms with van der Waals surface area (Å²) in [6, 6.07) is 3.27. The summed E-state index contributed by atoms with van der Waals surface area (Å²) < 4.78 is 0. The molecule has 1 N–H and O–H groups in total. The monoisotopic (exact) mass is 269 g/mol. The summed E-state index contributed by atoms with van der Waals surface area (Å²) in [6.45, 7) is 0. The first-order chi connectivity index (χ1) is 8.15. The van der Waals surface area contributed by atoms with Gasteiger partial charge in [0.05, 0.1) is 0 Å². The number of hydrogen-bond acceptors (Lipinski definition) is 4. The van der Waals surface area contributed by atoms with Gasteiger partial charge in [0.2, 0.25) is 5.91 Å². The molecule has 1 aromatic heterocycles. The van der Waals surface area contributed by atoms with Gasteiger partial charge in [-0.2, -0.15) is 0 Å². The van der Waals surface area contributed by atoms with E-state index in [1.165, 1.54) is 0 Å². The van der Waals surface area contributed by atoms with Crippen molar-refractivity contribution in [1.82, 2.24) is 4.90 Å². The van der Waals surface area contributed by atoms with E-state index >= 15 is 0 Å². The number of carbonyl (C=O) groups is 2. The summed E-state index contributed by atoms with van der Waals surface area (Å²) >= 11 is 3.19. The van der Waals surface area contributed by atoms with E-state index in [9.17, 15) is 14.7 Å². The van der Waals surface area contributed by atoms with Crippen LogP contribution in [0.3, 0.4) is 0 Å². The van der Waals surface area contributed by atoms with Crippen LogP contribution in [-0.2, 0) is 14.5 Å². The topological polar surface area (TPSA) is 57.6 Å². The van der Waals surface area contributed by atoms with Gasteiger partial charge in [-0.15, -0.1) is 23.1 Å². The van der Waals surface area contributed by atoms with E-state index in [0.29, 0.717) is 12.2 Å². The predicted octanol–water partition coefficient (Wildman–Crippen LogP) is 1.72. The molecule has 1 amide bonds. The number of thiophene rings is 1. The van der Waals surface area contributed by atoms with Crippen LogP contribution in [0.5, 0.6) is 0 Å². The van der Waals surface area contributed by atoms with E-state index in [1.54, 1.807) is 28.0 Å². The number of hydrogen-bond donors (Lipinski definition) is 1. The molecule has 2 atom stereocenters. The Kier molecular flexibility index (Phi) is 2.45. The largest absolute Gasteiger partial charge is 0.480 e. The lowest BCUT2D eigenvalue weighted by molar-refractivity contribution is -0.148. The number of nitrogens with zero attached hydrogens (tertiary/aromatic N) is 1. The Balaban J connectivity index is 2.06. The highest BCUT2D eigenvalue weighted by Gasteiger charge is 2.57. The smallest absolute Gasteiger partial charge is 0.327 e. The zero-order valence-electron chi connectivity index (χ0n) is 8.96. The number of fused-ring (bicyclic) bond motifs is 1. The van der Waals surface area contributed by atoms with Crippen LogP contribution in [0.25, 0.3) is 0 Å². The van der Waals surface area contributed by atoms with Crippen molar-refractivity contribution in [3.05, 3.63) is 22.4 Å². The normalized spacial score (nSPS) is 31.9. The first-order valence-corrected chi connectivity index (χ1v) is 7.24. The summed E-state index contributed by atoms with van der Waals surface area (Å²) in [5.74, 6) is -0.444. The minimum absolute atomic E-state index is 0.0317. The molecule has 6 heteroatoms. The number of rotatable bonds is 2. The predicted molar refractivity (Wildman–Crippen MR) is 66.0 cm³/mol. The lowest BCUT2D eigenvalue weighted by Crippen LogP contribution is -2.45. The van der Waals surface area contributed by atoms with Crippen molar-refractivity contribution in [2.45, 2.75) is 23.8 Å². The van der Waals surface area contributed by atoms with Gasteiger partial charge in [0.25, 0.3) is 0 Å². The van der Waals surface area contributed by atoms with E-state index in [4.69, 9.17) is 0 Å². The van der Waals surface area contributed by atoms with Crippen LogP contribution in [0.4, 0.5) is 0 Å². The molecule has 2 saturated heterocycles. The number of carboxylic acids is 1. The van der Waals surface area contributed by atoms with Gasteiger partial charge in [-0.25, -0.2) is 4.79 Å². The summed E-state index contributed by atoms with van der Waals surface area (Å²) in [6.07, 6.45) is 1.18. The maximum atomic E-state index is 11.9. The summed E-state index contributed by atoms with van der Waals surface area (Å²) in [5, 5.41) is 11.2. The van der Waals surface area contributed by atoms with Gasteiger partial charge in [-0.05, 0) is 17.9 Å². The highest BCUT2D eigenvalue weighted by Crippen LogP contribution is 2.55. The molecular formula is C11H11NO3S2. The molecule has 0 bridgehead atoms. The standard InChI is InChI=1S/C11H11NO3S2/c13-9-3-4-11(8-2-1-5-16-8)12(9)7(6-17-11)10(14)15/h1-2,5,7H,3-4,6H2,(H,14,15)/t7-,11-/m1/s1. The number of amides is 1. The Hall–Kier alpha value is -1.01. The van der Waals surface area contributed by atoms with Gasteiger partial charge in [0, 0.05) is 17.1 Å². The molecule has 0 unspecified atom stereocenters. The second-order valence-electron chi connectivity index (χ2n) is 4.19. The number of carboxylic acid groups (broad SMARTS) is 1. The summed E-state index contributed by atoms with van der Waals surface area (Å²) in [4.78, 5) is 25.4. The quantitative estimate of drug-likeness (QED) is 0.888. The zero-order valence-corrected chi connectivity index (χ0v) is 10.6. The van der Waals surface area contributed by atoms with Crippen molar-refractivity contribution in [1.29, 1.82) is 0 Å². The first-order valence-electron chi connectivity index (χ1n) is 5.38. The molecule has 3 heterocycles. The van der Waals surface area contributed by atoms with Crippen molar-refractivity contribution in [2.75, 3.05) is 5.75 Å². The van der Waals surface area contributed by atoms with Crippen LogP contribution >= 0.6 is 23.1 Å². The van der Waals surface area contributed by atoms with E-state index in [0.717, 1.165) is 11.3 Å². The molecule has 2 aliphatic rings. The van der Waals surface area contributed by atoms with Gasteiger partial charge < -0.3 is 10.0 Å². The van der Waals surface area contributed by atoms with Crippen LogP contribution < -0.4 is 0 Å². The average Bonchev–Trinajstić information content (AvgIpc) is 2.95. The molecule has 0 spiro atoms. The first kappa shape index (κ1) is 11.1. The zero-order chi connectivity index (χ0) is 12.0.